The number of benzene rings is 1. The molecule has 6 nitrogen and oxygen atoms in total. The molecule has 2 aromatic rings. The van der Waals surface area contributed by atoms with E-state index in [1.807, 2.05) is 31.4 Å². The van der Waals surface area contributed by atoms with Crippen LogP contribution in [0.4, 0.5) is 11.5 Å². The van der Waals surface area contributed by atoms with Gasteiger partial charge in [0, 0.05) is 45.1 Å². The molecule has 1 aromatic carbocycles. The molecule has 3 N–H and O–H groups in total. The van der Waals surface area contributed by atoms with Gasteiger partial charge in [0.15, 0.2) is 5.96 Å². The Morgan fingerprint density at radius 3 is 2.69 bits per heavy atom. The third-order valence-corrected chi connectivity index (χ3v) is 5.29. The van der Waals surface area contributed by atoms with Crippen molar-refractivity contribution in [3.63, 3.8) is 0 Å². The number of nitrogens with zero attached hydrogens (tertiary/aromatic N) is 3. The number of unbranched alkanes of at least 4 members (excludes halogenated alkanes) is 1. The van der Waals surface area contributed by atoms with E-state index in [1.165, 1.54) is 37.2 Å². The second kappa shape index (κ2) is 11.3. The maximum absolute atomic E-state index is 4.38. The van der Waals surface area contributed by atoms with Crippen LogP contribution in [0.25, 0.3) is 0 Å². The highest BCUT2D eigenvalue weighted by atomic mass is 15.2. The Morgan fingerprint density at radius 1 is 1.10 bits per heavy atom. The van der Waals surface area contributed by atoms with Crippen molar-refractivity contribution in [1.82, 2.24) is 15.6 Å². The Kier molecular flexibility index (Phi) is 8.16. The highest BCUT2D eigenvalue weighted by molar-refractivity contribution is 5.80. The molecule has 0 saturated carbocycles. The fraction of sp³-hybridized carbons (Fsp3) is 0.478. The Bertz CT molecular complexity index is 755. The molecule has 29 heavy (non-hydrogen) atoms. The summed E-state index contributed by atoms with van der Waals surface area (Å²) in [6, 6.07) is 15.0. The number of aromatic nitrogens is 1. The number of hydrogen-bond acceptors (Lipinski definition) is 4. The van der Waals surface area contributed by atoms with E-state index in [9.17, 15) is 0 Å². The second-order valence-corrected chi connectivity index (χ2v) is 7.50. The topological polar surface area (TPSA) is 64.6 Å². The van der Waals surface area contributed by atoms with E-state index in [4.69, 9.17) is 0 Å². The molecule has 1 aliphatic heterocycles. The standard InChI is InChI=1S/C23H34N6/c1-19(20-10-9-11-21(18-20)29-16-7-8-17-29)28-23(24-2)27-15-6-5-14-26-22-12-3-4-13-25-22/h3-4,9-13,18-19H,5-8,14-17H2,1-2H3,(H,25,26)(H2,24,27,28). The van der Waals surface area contributed by atoms with Crippen LogP contribution in [0.1, 0.15) is 44.2 Å². The highest BCUT2D eigenvalue weighted by Gasteiger charge is 2.14. The number of pyridine rings is 1. The largest absolute Gasteiger partial charge is 0.372 e. The van der Waals surface area contributed by atoms with Crippen molar-refractivity contribution in [2.24, 2.45) is 4.99 Å². The molecular weight excluding hydrogens is 360 g/mol. The predicted molar refractivity (Wildman–Crippen MR) is 123 cm³/mol. The number of anilines is 2. The lowest BCUT2D eigenvalue weighted by Gasteiger charge is -2.22. The smallest absolute Gasteiger partial charge is 0.191 e. The van der Waals surface area contributed by atoms with E-state index in [1.54, 1.807) is 0 Å². The van der Waals surface area contributed by atoms with Crippen LogP contribution in [0.5, 0.6) is 0 Å². The second-order valence-electron chi connectivity index (χ2n) is 7.50. The van der Waals surface area contributed by atoms with Crippen molar-refractivity contribution in [2.45, 2.75) is 38.6 Å². The van der Waals surface area contributed by atoms with Gasteiger partial charge in [-0.05, 0) is 62.4 Å². The van der Waals surface area contributed by atoms with Crippen LogP contribution >= 0.6 is 0 Å². The van der Waals surface area contributed by atoms with E-state index < -0.39 is 0 Å². The molecule has 0 radical (unpaired) electrons. The van der Waals surface area contributed by atoms with Crippen LogP contribution in [-0.2, 0) is 0 Å². The van der Waals surface area contributed by atoms with Gasteiger partial charge in [-0.1, -0.05) is 18.2 Å². The average Bonchev–Trinajstić information content (AvgIpc) is 3.31. The van der Waals surface area contributed by atoms with Gasteiger partial charge in [0.2, 0.25) is 0 Å². The summed E-state index contributed by atoms with van der Waals surface area (Å²) in [5.41, 5.74) is 2.62. The molecule has 0 bridgehead atoms. The number of guanidine groups is 1. The summed E-state index contributed by atoms with van der Waals surface area (Å²) in [7, 11) is 1.82. The van der Waals surface area contributed by atoms with Gasteiger partial charge in [-0.2, -0.15) is 0 Å². The zero-order valence-corrected chi connectivity index (χ0v) is 17.7. The lowest BCUT2D eigenvalue weighted by Crippen LogP contribution is -2.39. The van der Waals surface area contributed by atoms with E-state index in [0.29, 0.717) is 0 Å². The van der Waals surface area contributed by atoms with Crippen molar-refractivity contribution in [3.8, 4) is 0 Å². The lowest BCUT2D eigenvalue weighted by molar-refractivity contribution is 0.665. The van der Waals surface area contributed by atoms with Gasteiger partial charge in [-0.15, -0.1) is 0 Å². The first-order valence-corrected chi connectivity index (χ1v) is 10.7. The molecule has 1 atom stereocenters. The van der Waals surface area contributed by atoms with Crippen LogP contribution in [0.15, 0.2) is 53.7 Å². The van der Waals surface area contributed by atoms with Gasteiger partial charge < -0.3 is 20.9 Å². The SMILES string of the molecule is CN=C(NCCCCNc1ccccn1)NC(C)c1cccc(N2CCCC2)c1. The van der Waals surface area contributed by atoms with E-state index in [2.05, 4.69) is 62.0 Å². The Hall–Kier alpha value is -2.76. The van der Waals surface area contributed by atoms with E-state index in [-0.39, 0.29) is 6.04 Å². The zero-order chi connectivity index (χ0) is 20.3. The van der Waals surface area contributed by atoms with Crippen molar-refractivity contribution < 1.29 is 0 Å². The average molecular weight is 395 g/mol. The van der Waals surface area contributed by atoms with Crippen molar-refractivity contribution >= 4 is 17.5 Å². The number of aliphatic imine (C=N–C) groups is 1. The molecule has 0 amide bonds. The molecule has 2 heterocycles. The molecule has 156 valence electrons. The first-order chi connectivity index (χ1) is 14.3. The van der Waals surface area contributed by atoms with Crippen molar-refractivity contribution in [2.75, 3.05) is 43.4 Å². The van der Waals surface area contributed by atoms with Gasteiger partial charge in [-0.3, -0.25) is 4.99 Å². The Labute approximate surface area is 174 Å². The zero-order valence-electron chi connectivity index (χ0n) is 17.7. The maximum Gasteiger partial charge on any atom is 0.191 e. The molecular formula is C23H34N6. The summed E-state index contributed by atoms with van der Waals surface area (Å²) in [5.74, 6) is 1.78. The summed E-state index contributed by atoms with van der Waals surface area (Å²) in [4.78, 5) is 11.1. The van der Waals surface area contributed by atoms with Gasteiger partial charge in [0.05, 0.1) is 6.04 Å². The fourth-order valence-electron chi connectivity index (χ4n) is 3.59. The summed E-state index contributed by atoms with van der Waals surface area (Å²) in [5, 5.41) is 10.3. The summed E-state index contributed by atoms with van der Waals surface area (Å²) in [6.07, 6.45) is 6.55. The molecule has 0 aliphatic carbocycles. The third-order valence-electron chi connectivity index (χ3n) is 5.29. The van der Waals surface area contributed by atoms with Crippen LogP contribution in [0, 0.1) is 0 Å². The highest BCUT2D eigenvalue weighted by Crippen LogP contribution is 2.23. The maximum atomic E-state index is 4.38. The fourth-order valence-corrected chi connectivity index (χ4v) is 3.59. The Morgan fingerprint density at radius 2 is 1.93 bits per heavy atom. The molecule has 1 aromatic heterocycles. The number of rotatable bonds is 9. The quantitative estimate of drug-likeness (QED) is 0.343. The predicted octanol–water partition coefficient (Wildman–Crippen LogP) is 3.80. The van der Waals surface area contributed by atoms with Crippen LogP contribution in [0.3, 0.4) is 0 Å². The van der Waals surface area contributed by atoms with Crippen LogP contribution in [-0.4, -0.2) is 44.2 Å². The summed E-state index contributed by atoms with van der Waals surface area (Å²) < 4.78 is 0. The van der Waals surface area contributed by atoms with Gasteiger partial charge in [-0.25, -0.2) is 4.98 Å². The number of nitrogens with one attached hydrogen (secondary N) is 3. The molecule has 1 aliphatic rings. The molecule has 1 fully saturated rings. The van der Waals surface area contributed by atoms with Crippen molar-refractivity contribution in [3.05, 3.63) is 54.2 Å². The molecule has 1 saturated heterocycles. The molecule has 0 spiro atoms. The van der Waals surface area contributed by atoms with Crippen LogP contribution < -0.4 is 20.9 Å². The lowest BCUT2D eigenvalue weighted by atomic mass is 10.1. The van der Waals surface area contributed by atoms with Gasteiger partial charge in [0.25, 0.3) is 0 Å². The molecule has 6 heteroatoms. The van der Waals surface area contributed by atoms with E-state index >= 15 is 0 Å². The minimum Gasteiger partial charge on any atom is -0.372 e. The first kappa shape index (κ1) is 21.0. The van der Waals surface area contributed by atoms with E-state index in [0.717, 1.165) is 37.7 Å². The third kappa shape index (κ3) is 6.66. The molecule has 1 unspecified atom stereocenters. The van der Waals surface area contributed by atoms with Gasteiger partial charge >= 0.3 is 0 Å². The minimum absolute atomic E-state index is 0.203. The summed E-state index contributed by atoms with van der Waals surface area (Å²) in [6.45, 7) is 6.34. The molecule has 3 rings (SSSR count). The van der Waals surface area contributed by atoms with Crippen LogP contribution in [0.2, 0.25) is 0 Å². The number of hydrogen-bond donors (Lipinski definition) is 3. The minimum atomic E-state index is 0.203. The first-order valence-electron chi connectivity index (χ1n) is 10.7. The van der Waals surface area contributed by atoms with Gasteiger partial charge in [0.1, 0.15) is 5.82 Å². The normalized spacial score (nSPS) is 15.2. The summed E-state index contributed by atoms with van der Waals surface area (Å²) >= 11 is 0. The van der Waals surface area contributed by atoms with Crippen molar-refractivity contribution in [1.29, 1.82) is 0 Å². The Balaban J connectivity index is 1.38. The monoisotopic (exact) mass is 394 g/mol.